The Balaban J connectivity index is 1.70. The van der Waals surface area contributed by atoms with E-state index in [-0.39, 0.29) is 12.3 Å². The lowest BCUT2D eigenvalue weighted by atomic mass is 10.1. The Labute approximate surface area is 154 Å². The van der Waals surface area contributed by atoms with Crippen LogP contribution in [0.2, 0.25) is 10.0 Å². The Morgan fingerprint density at radius 2 is 2.04 bits per heavy atom. The van der Waals surface area contributed by atoms with Crippen LogP contribution in [0.5, 0.6) is 0 Å². The molecule has 1 amide bonds. The summed E-state index contributed by atoms with van der Waals surface area (Å²) >= 11 is 13.5. The molecule has 0 aliphatic carbocycles. The van der Waals surface area contributed by atoms with Gasteiger partial charge < -0.3 is 5.32 Å². The monoisotopic (exact) mass is 376 g/mol. The molecule has 0 saturated heterocycles. The zero-order chi connectivity index (χ0) is 17.1. The molecule has 0 unspecified atom stereocenters. The van der Waals surface area contributed by atoms with Crippen molar-refractivity contribution in [1.82, 2.24) is 4.98 Å². The van der Waals surface area contributed by atoms with Gasteiger partial charge in [0.05, 0.1) is 22.8 Å². The van der Waals surface area contributed by atoms with E-state index in [1.807, 2.05) is 30.5 Å². The van der Waals surface area contributed by atoms with E-state index in [9.17, 15) is 4.79 Å². The van der Waals surface area contributed by atoms with Crippen molar-refractivity contribution in [2.75, 3.05) is 5.32 Å². The van der Waals surface area contributed by atoms with E-state index in [0.29, 0.717) is 15.7 Å². The summed E-state index contributed by atoms with van der Waals surface area (Å²) in [5.74, 6) is -0.180. The zero-order valence-corrected chi connectivity index (χ0v) is 15.2. The van der Waals surface area contributed by atoms with Gasteiger partial charge in [0.25, 0.3) is 0 Å². The van der Waals surface area contributed by atoms with Crippen LogP contribution in [0.15, 0.2) is 47.8 Å². The third-order valence-electron chi connectivity index (χ3n) is 3.36. The van der Waals surface area contributed by atoms with Crippen molar-refractivity contribution in [2.24, 2.45) is 0 Å². The molecule has 3 nitrogen and oxygen atoms in total. The van der Waals surface area contributed by atoms with Gasteiger partial charge in [0.1, 0.15) is 5.01 Å². The van der Waals surface area contributed by atoms with E-state index < -0.39 is 0 Å². The Morgan fingerprint density at radius 3 is 2.83 bits per heavy atom. The first-order chi connectivity index (χ1) is 11.5. The number of nitrogens with one attached hydrogen (secondary N) is 1. The molecule has 0 aliphatic heterocycles. The summed E-state index contributed by atoms with van der Waals surface area (Å²) in [6.45, 7) is 2.04. The molecule has 1 N–H and O–H groups in total. The Kier molecular flexibility index (Phi) is 5.19. The molecule has 0 bridgehead atoms. The van der Waals surface area contributed by atoms with Crippen molar-refractivity contribution in [3.63, 3.8) is 0 Å². The maximum absolute atomic E-state index is 12.2. The van der Waals surface area contributed by atoms with Gasteiger partial charge in [0, 0.05) is 16.0 Å². The smallest absolute Gasteiger partial charge is 0.230 e. The molecule has 6 heteroatoms. The summed E-state index contributed by atoms with van der Waals surface area (Å²) < 4.78 is 0. The number of rotatable bonds is 4. The van der Waals surface area contributed by atoms with Crippen molar-refractivity contribution in [3.05, 3.63) is 69.1 Å². The number of thiazole rings is 1. The van der Waals surface area contributed by atoms with Gasteiger partial charge in [-0.25, -0.2) is 4.98 Å². The highest BCUT2D eigenvalue weighted by molar-refractivity contribution is 7.13. The van der Waals surface area contributed by atoms with Gasteiger partial charge in [-0.15, -0.1) is 11.3 Å². The molecule has 1 heterocycles. The molecule has 24 heavy (non-hydrogen) atoms. The molecular formula is C18H14Cl2N2OS. The molecule has 3 rings (SSSR count). The molecule has 0 fully saturated rings. The van der Waals surface area contributed by atoms with E-state index in [4.69, 9.17) is 23.2 Å². The van der Waals surface area contributed by atoms with Gasteiger partial charge in [-0.2, -0.15) is 0 Å². The van der Waals surface area contributed by atoms with E-state index in [2.05, 4.69) is 16.4 Å². The lowest BCUT2D eigenvalue weighted by Crippen LogP contribution is -2.14. The maximum Gasteiger partial charge on any atom is 0.230 e. The highest BCUT2D eigenvalue weighted by Crippen LogP contribution is 2.27. The first kappa shape index (κ1) is 17.0. The number of aromatic nitrogens is 1. The second-order valence-corrected chi connectivity index (χ2v) is 7.06. The minimum Gasteiger partial charge on any atom is -0.324 e. The van der Waals surface area contributed by atoms with Crippen molar-refractivity contribution in [2.45, 2.75) is 13.3 Å². The maximum atomic E-state index is 12.2. The lowest BCUT2D eigenvalue weighted by molar-refractivity contribution is -0.115. The van der Waals surface area contributed by atoms with Gasteiger partial charge in [0.15, 0.2) is 0 Å². The number of nitrogens with zero attached hydrogens (tertiary/aromatic N) is 1. The third-order valence-corrected chi connectivity index (χ3v) is 4.87. The summed E-state index contributed by atoms with van der Waals surface area (Å²) in [5.41, 5.74) is 3.47. The van der Waals surface area contributed by atoms with Crippen molar-refractivity contribution in [3.8, 4) is 10.6 Å². The fourth-order valence-electron chi connectivity index (χ4n) is 2.25. The number of benzene rings is 2. The Morgan fingerprint density at radius 1 is 1.21 bits per heavy atom. The third kappa shape index (κ3) is 4.15. The number of hydrogen-bond acceptors (Lipinski definition) is 3. The number of carbonyl (C=O) groups is 1. The van der Waals surface area contributed by atoms with E-state index in [1.54, 1.807) is 18.2 Å². The Hall–Kier alpha value is -1.88. The number of amides is 1. The summed E-state index contributed by atoms with van der Waals surface area (Å²) in [6.07, 6.45) is 0.186. The average molecular weight is 377 g/mol. The van der Waals surface area contributed by atoms with Crippen molar-refractivity contribution >= 4 is 46.1 Å². The lowest BCUT2D eigenvalue weighted by Gasteiger charge is -2.06. The summed E-state index contributed by atoms with van der Waals surface area (Å²) in [4.78, 5) is 16.7. The number of hydrogen-bond donors (Lipinski definition) is 1. The van der Waals surface area contributed by atoms with Crippen LogP contribution in [0, 0.1) is 6.92 Å². The summed E-state index contributed by atoms with van der Waals surface area (Å²) in [5, 5.41) is 6.54. The minimum absolute atomic E-state index is 0.180. The molecule has 0 spiro atoms. The fourth-order valence-corrected chi connectivity index (χ4v) is 3.40. The molecule has 0 atom stereocenters. The van der Waals surface area contributed by atoms with Gasteiger partial charge in [0.2, 0.25) is 5.91 Å². The Bertz CT molecular complexity index is 892. The van der Waals surface area contributed by atoms with Crippen LogP contribution in [0.1, 0.15) is 11.3 Å². The van der Waals surface area contributed by atoms with Gasteiger partial charge in [-0.3, -0.25) is 4.79 Å². The fraction of sp³-hybridized carbons (Fsp3) is 0.111. The molecule has 122 valence electrons. The van der Waals surface area contributed by atoms with Crippen LogP contribution >= 0.6 is 34.5 Å². The van der Waals surface area contributed by atoms with Gasteiger partial charge >= 0.3 is 0 Å². The average Bonchev–Trinajstić information content (AvgIpc) is 2.99. The predicted molar refractivity (Wildman–Crippen MR) is 101 cm³/mol. The van der Waals surface area contributed by atoms with Crippen molar-refractivity contribution in [1.29, 1.82) is 0 Å². The molecule has 2 aromatic carbocycles. The van der Waals surface area contributed by atoms with Crippen LogP contribution in [0.3, 0.4) is 0 Å². The van der Waals surface area contributed by atoms with Crippen LogP contribution < -0.4 is 5.32 Å². The van der Waals surface area contributed by atoms with Crippen LogP contribution in [0.4, 0.5) is 5.69 Å². The quantitative estimate of drug-likeness (QED) is 0.642. The standard InChI is InChI=1S/C18H14Cl2N2OS/c1-11-3-2-4-12(7-11)18-21-14(10-24-18)9-17(23)22-16-8-13(19)5-6-15(16)20/h2-8,10H,9H2,1H3,(H,22,23). The largest absolute Gasteiger partial charge is 0.324 e. The van der Waals surface area contributed by atoms with Gasteiger partial charge in [-0.1, -0.05) is 47.0 Å². The van der Waals surface area contributed by atoms with Crippen LogP contribution in [0.25, 0.3) is 10.6 Å². The molecular weight excluding hydrogens is 363 g/mol. The zero-order valence-electron chi connectivity index (χ0n) is 12.8. The van der Waals surface area contributed by atoms with Crippen LogP contribution in [-0.4, -0.2) is 10.9 Å². The van der Waals surface area contributed by atoms with Crippen molar-refractivity contribution < 1.29 is 4.79 Å². The van der Waals surface area contributed by atoms with Crippen LogP contribution in [-0.2, 0) is 11.2 Å². The normalized spacial score (nSPS) is 10.6. The SMILES string of the molecule is Cc1cccc(-c2nc(CC(=O)Nc3cc(Cl)ccc3Cl)cs2)c1. The first-order valence-corrected chi connectivity index (χ1v) is 8.91. The van der Waals surface area contributed by atoms with E-state index >= 15 is 0 Å². The molecule has 0 radical (unpaired) electrons. The van der Waals surface area contributed by atoms with E-state index in [0.717, 1.165) is 16.3 Å². The number of aryl methyl sites for hydroxylation is 1. The summed E-state index contributed by atoms with van der Waals surface area (Å²) in [7, 11) is 0. The number of anilines is 1. The van der Waals surface area contributed by atoms with E-state index in [1.165, 1.54) is 16.9 Å². The molecule has 0 saturated carbocycles. The minimum atomic E-state index is -0.180. The highest BCUT2D eigenvalue weighted by atomic mass is 35.5. The second-order valence-electron chi connectivity index (χ2n) is 5.36. The summed E-state index contributed by atoms with van der Waals surface area (Å²) in [6, 6.07) is 13.1. The second kappa shape index (κ2) is 7.34. The predicted octanol–water partition coefficient (Wildman–Crippen LogP) is 5.61. The number of carbonyl (C=O) groups excluding carboxylic acids is 1. The molecule has 0 aliphatic rings. The topological polar surface area (TPSA) is 42.0 Å². The molecule has 1 aromatic heterocycles. The highest BCUT2D eigenvalue weighted by Gasteiger charge is 2.11. The molecule has 3 aromatic rings. The first-order valence-electron chi connectivity index (χ1n) is 7.27. The van der Waals surface area contributed by atoms with Gasteiger partial charge in [-0.05, 0) is 31.2 Å². The number of halogens is 2.